The van der Waals surface area contributed by atoms with Crippen LogP contribution in [0.1, 0.15) is 30.4 Å². The van der Waals surface area contributed by atoms with Crippen LogP contribution >= 0.6 is 0 Å². The molecule has 0 atom stereocenters. The molecule has 3 fully saturated rings. The second-order valence-electron chi connectivity index (χ2n) is 8.33. The Hall–Kier alpha value is -1.35. The summed E-state index contributed by atoms with van der Waals surface area (Å²) in [5.74, 6) is 1.28. The van der Waals surface area contributed by atoms with E-state index < -0.39 is 21.6 Å². The van der Waals surface area contributed by atoms with Gasteiger partial charge < -0.3 is 4.90 Å². The SMILES string of the molecule is Cc1cc(C(F)(F)F)cnc1N1CCC(N2CCC3(C2)CS(=O)(=O)C3)CC1. The molecule has 3 saturated heterocycles. The van der Waals surface area contributed by atoms with Crippen molar-refractivity contribution in [2.45, 2.75) is 38.4 Å². The van der Waals surface area contributed by atoms with Gasteiger partial charge in [-0.1, -0.05) is 0 Å². The summed E-state index contributed by atoms with van der Waals surface area (Å²) >= 11 is 0. The standard InChI is InChI=1S/C18H24F3N3O2S/c1-13-8-14(18(19,20)21)9-22-16(13)23-5-2-15(3-6-23)24-7-4-17(10-24)11-27(25,26)12-17/h8-9,15H,2-7,10-12H2,1H3. The molecule has 4 heterocycles. The number of sulfone groups is 1. The number of likely N-dealkylation sites (tertiary alicyclic amines) is 1. The highest BCUT2D eigenvalue weighted by Crippen LogP contribution is 2.43. The normalized spacial score (nSPS) is 25.7. The molecule has 0 bridgehead atoms. The summed E-state index contributed by atoms with van der Waals surface area (Å²) in [5, 5.41) is 0. The lowest BCUT2D eigenvalue weighted by atomic mass is 9.91. The monoisotopic (exact) mass is 403 g/mol. The Balaban J connectivity index is 1.36. The van der Waals surface area contributed by atoms with Gasteiger partial charge in [0.25, 0.3) is 0 Å². The Morgan fingerprint density at radius 3 is 2.41 bits per heavy atom. The molecule has 0 aromatic carbocycles. The van der Waals surface area contributed by atoms with Crippen LogP contribution in [0.25, 0.3) is 0 Å². The van der Waals surface area contributed by atoms with Crippen molar-refractivity contribution in [3.63, 3.8) is 0 Å². The first-order valence-electron chi connectivity index (χ1n) is 9.30. The second kappa shape index (κ2) is 6.34. The molecule has 1 aromatic heterocycles. The van der Waals surface area contributed by atoms with Gasteiger partial charge in [-0.15, -0.1) is 0 Å². The van der Waals surface area contributed by atoms with E-state index in [1.54, 1.807) is 6.92 Å². The van der Waals surface area contributed by atoms with Gasteiger partial charge in [0.15, 0.2) is 9.84 Å². The number of alkyl halides is 3. The number of aryl methyl sites for hydroxylation is 1. The minimum absolute atomic E-state index is 0.0263. The molecule has 1 aromatic rings. The molecule has 0 N–H and O–H groups in total. The van der Waals surface area contributed by atoms with Crippen molar-refractivity contribution >= 4 is 15.7 Å². The summed E-state index contributed by atoms with van der Waals surface area (Å²) in [6.45, 7) is 4.98. The van der Waals surface area contributed by atoms with Crippen molar-refractivity contribution < 1.29 is 21.6 Å². The van der Waals surface area contributed by atoms with Gasteiger partial charge in [0, 0.05) is 37.3 Å². The molecule has 150 valence electrons. The lowest BCUT2D eigenvalue weighted by Gasteiger charge is -2.41. The average molecular weight is 403 g/mol. The number of rotatable bonds is 2. The molecule has 3 aliphatic heterocycles. The summed E-state index contributed by atoms with van der Waals surface area (Å²) in [5.41, 5.74) is -0.193. The average Bonchev–Trinajstić information content (AvgIpc) is 2.97. The fourth-order valence-electron chi connectivity index (χ4n) is 4.90. The van der Waals surface area contributed by atoms with Gasteiger partial charge in [0.1, 0.15) is 5.82 Å². The first-order chi connectivity index (χ1) is 12.6. The van der Waals surface area contributed by atoms with E-state index in [-0.39, 0.29) is 5.41 Å². The molecule has 4 rings (SSSR count). The molecule has 27 heavy (non-hydrogen) atoms. The molecule has 0 radical (unpaired) electrons. The number of pyridine rings is 1. The van der Waals surface area contributed by atoms with Gasteiger partial charge >= 0.3 is 6.18 Å². The van der Waals surface area contributed by atoms with Crippen LogP contribution in [0.5, 0.6) is 0 Å². The van der Waals surface area contributed by atoms with E-state index in [9.17, 15) is 21.6 Å². The van der Waals surface area contributed by atoms with Gasteiger partial charge in [-0.25, -0.2) is 13.4 Å². The number of hydrogen-bond donors (Lipinski definition) is 0. The Labute approximate surface area is 157 Å². The molecule has 0 unspecified atom stereocenters. The molecule has 0 amide bonds. The first-order valence-corrected chi connectivity index (χ1v) is 11.1. The summed E-state index contributed by atoms with van der Waals surface area (Å²) in [4.78, 5) is 8.55. The van der Waals surface area contributed by atoms with Crippen LogP contribution < -0.4 is 4.90 Å². The number of halogens is 3. The Morgan fingerprint density at radius 1 is 1.19 bits per heavy atom. The first kappa shape index (κ1) is 19.0. The topological polar surface area (TPSA) is 53.5 Å². The largest absolute Gasteiger partial charge is 0.417 e. The van der Waals surface area contributed by atoms with Gasteiger partial charge in [0.2, 0.25) is 0 Å². The molecular weight excluding hydrogens is 379 g/mol. The van der Waals surface area contributed by atoms with Crippen LogP contribution in [-0.4, -0.2) is 62.0 Å². The van der Waals surface area contributed by atoms with E-state index in [1.807, 2.05) is 0 Å². The minimum atomic E-state index is -4.37. The third-order valence-electron chi connectivity index (χ3n) is 6.18. The van der Waals surface area contributed by atoms with E-state index in [1.165, 1.54) is 0 Å². The van der Waals surface area contributed by atoms with Crippen LogP contribution in [0.2, 0.25) is 0 Å². The highest BCUT2D eigenvalue weighted by Gasteiger charge is 2.52. The predicted octanol–water partition coefficient (Wildman–Crippen LogP) is 2.50. The summed E-state index contributed by atoms with van der Waals surface area (Å²) in [7, 11) is -2.81. The molecule has 0 aliphatic carbocycles. The van der Waals surface area contributed by atoms with Crippen LogP contribution in [0.3, 0.4) is 0 Å². The highest BCUT2D eigenvalue weighted by atomic mass is 32.2. The third-order valence-corrected chi connectivity index (χ3v) is 8.28. The van der Waals surface area contributed by atoms with Gasteiger partial charge in [0.05, 0.1) is 17.1 Å². The number of aromatic nitrogens is 1. The summed E-state index contributed by atoms with van der Waals surface area (Å²) in [6, 6.07) is 1.58. The zero-order valence-electron chi connectivity index (χ0n) is 15.3. The van der Waals surface area contributed by atoms with E-state index in [4.69, 9.17) is 0 Å². The Morgan fingerprint density at radius 2 is 1.85 bits per heavy atom. The van der Waals surface area contributed by atoms with E-state index in [0.717, 1.165) is 57.7 Å². The molecular formula is C18H24F3N3O2S. The van der Waals surface area contributed by atoms with Crippen molar-refractivity contribution in [2.75, 3.05) is 42.6 Å². The molecule has 0 saturated carbocycles. The molecule has 1 spiro atoms. The van der Waals surface area contributed by atoms with Crippen LogP contribution in [0.4, 0.5) is 19.0 Å². The van der Waals surface area contributed by atoms with E-state index in [2.05, 4.69) is 14.8 Å². The lowest BCUT2D eigenvalue weighted by molar-refractivity contribution is -0.137. The smallest absolute Gasteiger partial charge is 0.356 e. The van der Waals surface area contributed by atoms with Crippen LogP contribution in [0.15, 0.2) is 12.3 Å². The van der Waals surface area contributed by atoms with Gasteiger partial charge in [-0.3, -0.25) is 4.90 Å². The number of nitrogens with zero attached hydrogens (tertiary/aromatic N) is 3. The minimum Gasteiger partial charge on any atom is -0.356 e. The number of anilines is 1. The zero-order valence-corrected chi connectivity index (χ0v) is 16.1. The molecule has 9 heteroatoms. The predicted molar refractivity (Wildman–Crippen MR) is 96.5 cm³/mol. The van der Waals surface area contributed by atoms with Crippen molar-refractivity contribution in [2.24, 2.45) is 5.41 Å². The quantitative estimate of drug-likeness (QED) is 0.760. The number of hydrogen-bond acceptors (Lipinski definition) is 5. The van der Waals surface area contributed by atoms with Crippen molar-refractivity contribution in [1.29, 1.82) is 0 Å². The van der Waals surface area contributed by atoms with E-state index >= 15 is 0 Å². The van der Waals surface area contributed by atoms with E-state index in [0.29, 0.717) is 28.9 Å². The number of piperidine rings is 1. The van der Waals surface area contributed by atoms with Crippen molar-refractivity contribution in [1.82, 2.24) is 9.88 Å². The van der Waals surface area contributed by atoms with Crippen LogP contribution in [-0.2, 0) is 16.0 Å². The van der Waals surface area contributed by atoms with Crippen molar-refractivity contribution in [3.8, 4) is 0 Å². The molecule has 5 nitrogen and oxygen atoms in total. The van der Waals surface area contributed by atoms with Gasteiger partial charge in [-0.2, -0.15) is 13.2 Å². The third kappa shape index (κ3) is 3.68. The van der Waals surface area contributed by atoms with Crippen LogP contribution in [0, 0.1) is 12.3 Å². The Kier molecular flexibility index (Phi) is 4.46. The fraction of sp³-hybridized carbons (Fsp3) is 0.722. The Bertz CT molecular complexity index is 821. The fourth-order valence-corrected chi connectivity index (χ4v) is 7.16. The maximum absolute atomic E-state index is 12.8. The van der Waals surface area contributed by atoms with Gasteiger partial charge in [-0.05, 0) is 44.4 Å². The summed E-state index contributed by atoms with van der Waals surface area (Å²) < 4.78 is 61.5. The summed E-state index contributed by atoms with van der Waals surface area (Å²) in [6.07, 6.45) is -0.665. The lowest BCUT2D eigenvalue weighted by Crippen LogP contribution is -2.52. The second-order valence-corrected chi connectivity index (χ2v) is 10.4. The van der Waals surface area contributed by atoms with Crippen molar-refractivity contribution in [3.05, 3.63) is 23.4 Å². The maximum atomic E-state index is 12.8. The highest BCUT2D eigenvalue weighted by molar-refractivity contribution is 7.92. The zero-order chi connectivity index (χ0) is 19.4. The maximum Gasteiger partial charge on any atom is 0.417 e. The molecule has 3 aliphatic rings.